The largest absolute Gasteiger partial charge is 0.481 e. The zero-order valence-electron chi connectivity index (χ0n) is 11.2. The smallest absolute Gasteiger partial charge is 0.308 e. The molecule has 1 aromatic carbocycles. The molecule has 0 saturated heterocycles. The van der Waals surface area contributed by atoms with E-state index in [0.717, 1.165) is 0 Å². The molecule has 0 aromatic heterocycles. The Balaban J connectivity index is 3.11. The number of hydrogen-bond donors (Lipinski definition) is 1. The average molecular weight is 277 g/mol. The highest BCUT2D eigenvalue weighted by Crippen LogP contribution is 2.25. The average Bonchev–Trinajstić information content (AvgIpc) is 2.43. The van der Waals surface area contributed by atoms with Gasteiger partial charge in [-0.1, -0.05) is 6.92 Å². The van der Waals surface area contributed by atoms with Crippen LogP contribution in [-0.4, -0.2) is 29.1 Å². The zero-order chi connectivity index (χ0) is 15.3. The zero-order valence-corrected chi connectivity index (χ0v) is 11.2. The van der Waals surface area contributed by atoms with Gasteiger partial charge in [-0.05, 0) is 19.1 Å². The van der Waals surface area contributed by atoms with Crippen molar-refractivity contribution in [1.82, 2.24) is 0 Å². The maximum absolute atomic E-state index is 10.9. The number of aliphatic carboxylic acids is 1. The molecule has 1 rings (SSSR count). The first-order chi connectivity index (χ1) is 9.40. The lowest BCUT2D eigenvalue weighted by atomic mass is 10.1. The summed E-state index contributed by atoms with van der Waals surface area (Å²) in [6, 6.07) is 6.03. The van der Waals surface area contributed by atoms with Gasteiger partial charge in [0.05, 0.1) is 10.8 Å². The Bertz CT molecular complexity index is 565. The Morgan fingerprint density at radius 3 is 2.70 bits per heavy atom. The molecule has 0 amide bonds. The monoisotopic (exact) mass is 277 g/mol. The standard InChI is InChI=1S/C13H15N3O4/c1-3-15(8-9(2)13(17)18)11-5-4-10(7-14)12(6-11)16(19)20/h4-6,9H,3,8H2,1-2H3,(H,17,18). The number of hydrogen-bond acceptors (Lipinski definition) is 5. The minimum Gasteiger partial charge on any atom is -0.481 e. The molecule has 7 heteroatoms. The van der Waals surface area contributed by atoms with Gasteiger partial charge in [0.2, 0.25) is 0 Å². The summed E-state index contributed by atoms with van der Waals surface area (Å²) in [5.74, 6) is -1.52. The Labute approximate surface area is 116 Å². The molecule has 0 radical (unpaired) electrons. The second-order valence-corrected chi connectivity index (χ2v) is 4.35. The van der Waals surface area contributed by atoms with Gasteiger partial charge in [-0.2, -0.15) is 5.26 Å². The Morgan fingerprint density at radius 1 is 1.60 bits per heavy atom. The van der Waals surface area contributed by atoms with E-state index in [2.05, 4.69) is 0 Å². The third kappa shape index (κ3) is 3.45. The van der Waals surface area contributed by atoms with E-state index in [0.29, 0.717) is 12.2 Å². The molecular formula is C13H15N3O4. The number of nitrogens with zero attached hydrogens (tertiary/aromatic N) is 3. The van der Waals surface area contributed by atoms with Crippen molar-refractivity contribution in [3.63, 3.8) is 0 Å². The summed E-state index contributed by atoms with van der Waals surface area (Å²) in [5.41, 5.74) is 0.249. The Morgan fingerprint density at radius 2 is 2.25 bits per heavy atom. The van der Waals surface area contributed by atoms with Gasteiger partial charge in [0.15, 0.2) is 0 Å². The van der Waals surface area contributed by atoms with Gasteiger partial charge in [-0.25, -0.2) is 0 Å². The molecular weight excluding hydrogens is 262 g/mol. The lowest BCUT2D eigenvalue weighted by molar-refractivity contribution is -0.385. The lowest BCUT2D eigenvalue weighted by Gasteiger charge is -2.24. The van der Waals surface area contributed by atoms with Gasteiger partial charge >= 0.3 is 5.97 Å². The number of nitriles is 1. The van der Waals surface area contributed by atoms with E-state index in [-0.39, 0.29) is 17.8 Å². The summed E-state index contributed by atoms with van der Waals surface area (Å²) in [4.78, 5) is 22.9. The molecule has 0 fully saturated rings. The molecule has 0 spiro atoms. The number of nitro benzene ring substituents is 1. The summed E-state index contributed by atoms with van der Waals surface area (Å²) in [5, 5.41) is 28.7. The molecule has 106 valence electrons. The maximum atomic E-state index is 10.9. The number of rotatable bonds is 6. The third-order valence-corrected chi connectivity index (χ3v) is 2.96. The van der Waals surface area contributed by atoms with E-state index < -0.39 is 16.8 Å². The highest BCUT2D eigenvalue weighted by atomic mass is 16.6. The first-order valence-corrected chi connectivity index (χ1v) is 6.07. The van der Waals surface area contributed by atoms with Crippen LogP contribution in [-0.2, 0) is 4.79 Å². The highest BCUT2D eigenvalue weighted by molar-refractivity contribution is 5.71. The summed E-state index contributed by atoms with van der Waals surface area (Å²) in [6.45, 7) is 4.16. The second kappa shape index (κ2) is 6.52. The molecule has 0 heterocycles. The Hall–Kier alpha value is -2.62. The molecule has 20 heavy (non-hydrogen) atoms. The molecule has 0 aliphatic rings. The van der Waals surface area contributed by atoms with E-state index in [4.69, 9.17) is 10.4 Å². The minimum atomic E-state index is -0.924. The van der Waals surface area contributed by atoms with E-state index in [1.807, 2.05) is 6.92 Å². The van der Waals surface area contributed by atoms with Crippen LogP contribution in [0, 0.1) is 27.4 Å². The quantitative estimate of drug-likeness (QED) is 0.629. The molecule has 7 nitrogen and oxygen atoms in total. The van der Waals surface area contributed by atoms with Crippen LogP contribution >= 0.6 is 0 Å². The van der Waals surface area contributed by atoms with Gasteiger partial charge in [0.1, 0.15) is 11.6 Å². The summed E-state index contributed by atoms with van der Waals surface area (Å²) >= 11 is 0. The number of carbonyl (C=O) groups is 1. The van der Waals surface area contributed by atoms with Gasteiger partial charge in [-0.15, -0.1) is 0 Å². The van der Waals surface area contributed by atoms with Crippen molar-refractivity contribution >= 4 is 17.3 Å². The van der Waals surface area contributed by atoms with Crippen molar-refractivity contribution in [1.29, 1.82) is 5.26 Å². The van der Waals surface area contributed by atoms with E-state index in [1.54, 1.807) is 24.0 Å². The van der Waals surface area contributed by atoms with E-state index >= 15 is 0 Å². The van der Waals surface area contributed by atoms with Crippen molar-refractivity contribution in [2.75, 3.05) is 18.0 Å². The van der Waals surface area contributed by atoms with Crippen LogP contribution in [0.5, 0.6) is 0 Å². The summed E-state index contributed by atoms with van der Waals surface area (Å²) in [6.07, 6.45) is 0. The number of benzene rings is 1. The van der Waals surface area contributed by atoms with Crippen molar-refractivity contribution < 1.29 is 14.8 Å². The summed E-state index contributed by atoms with van der Waals surface area (Å²) < 4.78 is 0. The van der Waals surface area contributed by atoms with Crippen molar-refractivity contribution in [2.24, 2.45) is 5.92 Å². The number of carboxylic acids is 1. The van der Waals surface area contributed by atoms with Crippen molar-refractivity contribution in [3.05, 3.63) is 33.9 Å². The van der Waals surface area contributed by atoms with Crippen LogP contribution in [0.15, 0.2) is 18.2 Å². The second-order valence-electron chi connectivity index (χ2n) is 4.35. The van der Waals surface area contributed by atoms with E-state index in [1.165, 1.54) is 12.1 Å². The molecule has 1 aromatic rings. The molecule has 0 saturated carbocycles. The Kier molecular flexibility index (Phi) is 5.03. The molecule has 0 aliphatic carbocycles. The predicted molar refractivity (Wildman–Crippen MR) is 72.5 cm³/mol. The van der Waals surface area contributed by atoms with Crippen molar-refractivity contribution in [2.45, 2.75) is 13.8 Å². The van der Waals surface area contributed by atoms with Gasteiger partial charge < -0.3 is 10.0 Å². The van der Waals surface area contributed by atoms with Crippen LogP contribution in [0.25, 0.3) is 0 Å². The SMILES string of the molecule is CCN(CC(C)C(=O)O)c1ccc(C#N)c([N+](=O)[O-])c1. The van der Waals surface area contributed by atoms with Gasteiger partial charge in [0, 0.05) is 24.8 Å². The van der Waals surface area contributed by atoms with E-state index in [9.17, 15) is 14.9 Å². The highest BCUT2D eigenvalue weighted by Gasteiger charge is 2.19. The molecule has 1 atom stereocenters. The van der Waals surface area contributed by atoms with Gasteiger partial charge in [0.25, 0.3) is 5.69 Å². The fraction of sp³-hybridized carbons (Fsp3) is 0.385. The fourth-order valence-electron chi connectivity index (χ4n) is 1.79. The number of carboxylic acid groups (broad SMARTS) is 1. The normalized spacial score (nSPS) is 11.4. The molecule has 0 bridgehead atoms. The van der Waals surface area contributed by atoms with Crippen LogP contribution in [0.3, 0.4) is 0 Å². The molecule has 0 aliphatic heterocycles. The predicted octanol–water partition coefficient (Wildman–Crippen LogP) is 2.01. The van der Waals surface area contributed by atoms with Crippen molar-refractivity contribution in [3.8, 4) is 6.07 Å². The summed E-state index contributed by atoms with van der Waals surface area (Å²) in [7, 11) is 0. The lowest BCUT2D eigenvalue weighted by Crippen LogP contribution is -2.31. The number of nitro groups is 1. The van der Waals surface area contributed by atoms with Crippen LogP contribution in [0.1, 0.15) is 19.4 Å². The number of anilines is 1. The van der Waals surface area contributed by atoms with Crippen LogP contribution < -0.4 is 4.90 Å². The van der Waals surface area contributed by atoms with Crippen LogP contribution in [0.2, 0.25) is 0 Å². The molecule has 1 N–H and O–H groups in total. The van der Waals surface area contributed by atoms with Crippen LogP contribution in [0.4, 0.5) is 11.4 Å². The minimum absolute atomic E-state index is 0.0129. The third-order valence-electron chi connectivity index (χ3n) is 2.96. The van der Waals surface area contributed by atoms with Gasteiger partial charge in [-0.3, -0.25) is 14.9 Å². The molecule has 1 unspecified atom stereocenters. The maximum Gasteiger partial charge on any atom is 0.308 e. The first kappa shape index (κ1) is 15.4. The fourth-order valence-corrected chi connectivity index (χ4v) is 1.79. The topological polar surface area (TPSA) is 107 Å². The first-order valence-electron chi connectivity index (χ1n) is 6.07.